The standard InChI is InChI=1S/C10H17NO2/c1-3-11-9-10(12)7-5-6-8-13-4-2/h3-4H,2,5-9H2,1H3. The van der Waals surface area contributed by atoms with Gasteiger partial charge in [-0.3, -0.25) is 9.79 Å². The molecule has 0 spiro atoms. The SMILES string of the molecule is C=COCCCCC(=O)CN=CC. The third-order valence-electron chi connectivity index (χ3n) is 1.54. The predicted octanol–water partition coefficient (Wildman–Crippen LogP) is 1.98. The maximum atomic E-state index is 11.1. The summed E-state index contributed by atoms with van der Waals surface area (Å²) in [6.45, 7) is 6.20. The van der Waals surface area contributed by atoms with Crippen LogP contribution in [0.1, 0.15) is 26.2 Å². The van der Waals surface area contributed by atoms with Gasteiger partial charge < -0.3 is 4.74 Å². The molecular weight excluding hydrogens is 166 g/mol. The zero-order valence-corrected chi connectivity index (χ0v) is 8.16. The Morgan fingerprint density at radius 1 is 1.54 bits per heavy atom. The molecule has 74 valence electrons. The number of ether oxygens (including phenoxy) is 1. The molecule has 0 aromatic carbocycles. The van der Waals surface area contributed by atoms with Gasteiger partial charge in [0.05, 0.1) is 19.4 Å². The third-order valence-corrected chi connectivity index (χ3v) is 1.54. The van der Waals surface area contributed by atoms with Crippen LogP contribution in [0, 0.1) is 0 Å². The highest BCUT2D eigenvalue weighted by atomic mass is 16.5. The van der Waals surface area contributed by atoms with Crippen molar-refractivity contribution in [1.29, 1.82) is 0 Å². The molecule has 0 fully saturated rings. The second kappa shape index (κ2) is 8.97. The van der Waals surface area contributed by atoms with Crippen LogP contribution in [0.25, 0.3) is 0 Å². The molecule has 0 radical (unpaired) electrons. The minimum absolute atomic E-state index is 0.191. The molecule has 13 heavy (non-hydrogen) atoms. The first-order chi connectivity index (χ1) is 6.31. The molecular formula is C10H17NO2. The van der Waals surface area contributed by atoms with Crippen molar-refractivity contribution >= 4 is 12.0 Å². The van der Waals surface area contributed by atoms with Gasteiger partial charge in [0, 0.05) is 6.42 Å². The van der Waals surface area contributed by atoms with Gasteiger partial charge in [0.25, 0.3) is 0 Å². The van der Waals surface area contributed by atoms with Gasteiger partial charge in [-0.25, -0.2) is 0 Å². The molecule has 0 unspecified atom stereocenters. The molecule has 0 aromatic rings. The Morgan fingerprint density at radius 2 is 2.31 bits per heavy atom. The van der Waals surface area contributed by atoms with Gasteiger partial charge in [0.15, 0.2) is 5.78 Å². The number of nitrogens with zero attached hydrogens (tertiary/aromatic N) is 1. The Bertz CT molecular complexity index is 176. The monoisotopic (exact) mass is 183 g/mol. The van der Waals surface area contributed by atoms with Crippen molar-refractivity contribution in [1.82, 2.24) is 0 Å². The van der Waals surface area contributed by atoms with E-state index in [0.29, 0.717) is 19.6 Å². The zero-order valence-electron chi connectivity index (χ0n) is 8.16. The maximum absolute atomic E-state index is 11.1. The van der Waals surface area contributed by atoms with Crippen LogP contribution in [0.4, 0.5) is 0 Å². The molecule has 0 aliphatic rings. The summed E-state index contributed by atoms with van der Waals surface area (Å²) in [6.07, 6.45) is 5.43. The summed E-state index contributed by atoms with van der Waals surface area (Å²) in [7, 11) is 0. The molecule has 3 nitrogen and oxygen atoms in total. The van der Waals surface area contributed by atoms with Gasteiger partial charge in [-0.05, 0) is 26.0 Å². The Balaban J connectivity index is 3.21. The molecule has 3 heteroatoms. The van der Waals surface area contributed by atoms with Crippen molar-refractivity contribution in [3.8, 4) is 0 Å². The second-order valence-corrected chi connectivity index (χ2v) is 2.63. The fourth-order valence-corrected chi connectivity index (χ4v) is 0.863. The summed E-state index contributed by atoms with van der Waals surface area (Å²) in [5.74, 6) is 0.191. The van der Waals surface area contributed by atoms with Gasteiger partial charge >= 0.3 is 0 Å². The zero-order chi connectivity index (χ0) is 9.94. The van der Waals surface area contributed by atoms with E-state index in [1.807, 2.05) is 6.92 Å². The molecule has 0 rings (SSSR count). The largest absolute Gasteiger partial charge is 0.502 e. The molecule has 0 aromatic heterocycles. The van der Waals surface area contributed by atoms with Crippen LogP contribution in [0.3, 0.4) is 0 Å². The van der Waals surface area contributed by atoms with E-state index in [1.54, 1.807) is 6.21 Å². The van der Waals surface area contributed by atoms with Crippen molar-refractivity contribution in [2.24, 2.45) is 4.99 Å². The van der Waals surface area contributed by atoms with Crippen molar-refractivity contribution in [2.45, 2.75) is 26.2 Å². The minimum atomic E-state index is 0.191. The van der Waals surface area contributed by atoms with E-state index in [9.17, 15) is 4.79 Å². The van der Waals surface area contributed by atoms with Gasteiger partial charge in [-0.15, -0.1) is 0 Å². The van der Waals surface area contributed by atoms with Crippen LogP contribution in [0.15, 0.2) is 17.8 Å². The van der Waals surface area contributed by atoms with Crippen molar-refractivity contribution in [3.05, 3.63) is 12.8 Å². The Labute approximate surface area is 79.5 Å². The molecule has 0 aliphatic heterocycles. The highest BCUT2D eigenvalue weighted by Gasteiger charge is 1.98. The number of rotatable bonds is 8. The molecule has 0 atom stereocenters. The lowest BCUT2D eigenvalue weighted by Crippen LogP contribution is -2.02. The highest BCUT2D eigenvalue weighted by molar-refractivity contribution is 5.81. The van der Waals surface area contributed by atoms with E-state index >= 15 is 0 Å². The molecule has 0 aliphatic carbocycles. The van der Waals surface area contributed by atoms with E-state index in [2.05, 4.69) is 11.6 Å². The fraction of sp³-hybridized carbons (Fsp3) is 0.600. The topological polar surface area (TPSA) is 38.7 Å². The third kappa shape index (κ3) is 8.79. The van der Waals surface area contributed by atoms with Crippen LogP contribution in [-0.4, -0.2) is 25.1 Å². The molecule has 0 heterocycles. The van der Waals surface area contributed by atoms with Crippen molar-refractivity contribution in [3.63, 3.8) is 0 Å². The first-order valence-corrected chi connectivity index (χ1v) is 4.50. The quantitative estimate of drug-likeness (QED) is 0.328. The lowest BCUT2D eigenvalue weighted by molar-refractivity contribution is -0.117. The molecule has 0 saturated heterocycles. The Morgan fingerprint density at radius 3 is 2.92 bits per heavy atom. The van der Waals surface area contributed by atoms with Crippen LogP contribution >= 0.6 is 0 Å². The smallest absolute Gasteiger partial charge is 0.154 e. The summed E-state index contributed by atoms with van der Waals surface area (Å²) < 4.78 is 4.92. The van der Waals surface area contributed by atoms with Crippen LogP contribution < -0.4 is 0 Å². The number of unbranched alkanes of at least 4 members (excludes halogenated alkanes) is 1. The van der Waals surface area contributed by atoms with Crippen molar-refractivity contribution in [2.75, 3.05) is 13.2 Å². The van der Waals surface area contributed by atoms with Gasteiger partial charge in [0.1, 0.15) is 0 Å². The summed E-state index contributed by atoms with van der Waals surface area (Å²) in [6, 6.07) is 0. The minimum Gasteiger partial charge on any atom is -0.502 e. The number of hydrogen-bond donors (Lipinski definition) is 0. The van der Waals surface area contributed by atoms with Crippen LogP contribution in [0.2, 0.25) is 0 Å². The summed E-state index contributed by atoms with van der Waals surface area (Å²) in [5, 5.41) is 0. The number of hydrogen-bond acceptors (Lipinski definition) is 3. The molecule has 0 saturated carbocycles. The van der Waals surface area contributed by atoms with E-state index in [0.717, 1.165) is 12.8 Å². The predicted molar refractivity (Wildman–Crippen MR) is 54.0 cm³/mol. The Kier molecular flexibility index (Phi) is 8.20. The highest BCUT2D eigenvalue weighted by Crippen LogP contribution is 1.97. The van der Waals surface area contributed by atoms with E-state index in [1.165, 1.54) is 6.26 Å². The van der Waals surface area contributed by atoms with Crippen LogP contribution in [-0.2, 0) is 9.53 Å². The van der Waals surface area contributed by atoms with E-state index in [-0.39, 0.29) is 5.78 Å². The van der Waals surface area contributed by atoms with E-state index < -0.39 is 0 Å². The number of Topliss-reactive ketones (excluding diaryl/α,β-unsaturated/α-hetero) is 1. The number of carbonyl (C=O) groups excluding carboxylic acids is 1. The Hall–Kier alpha value is -1.12. The number of carbonyl (C=O) groups is 1. The lowest BCUT2D eigenvalue weighted by atomic mass is 10.2. The van der Waals surface area contributed by atoms with Gasteiger partial charge in [-0.2, -0.15) is 0 Å². The molecule has 0 amide bonds. The summed E-state index contributed by atoms with van der Waals surface area (Å²) in [4.78, 5) is 14.9. The second-order valence-electron chi connectivity index (χ2n) is 2.63. The average molecular weight is 183 g/mol. The number of aliphatic imine (C=N–C) groups is 1. The maximum Gasteiger partial charge on any atom is 0.154 e. The fourth-order valence-electron chi connectivity index (χ4n) is 0.863. The summed E-state index contributed by atoms with van der Waals surface area (Å²) in [5.41, 5.74) is 0. The van der Waals surface area contributed by atoms with Crippen LogP contribution in [0.5, 0.6) is 0 Å². The summed E-state index contributed by atoms with van der Waals surface area (Å²) >= 11 is 0. The normalized spacial score (nSPS) is 10.2. The molecule has 0 N–H and O–H groups in total. The lowest BCUT2D eigenvalue weighted by Gasteiger charge is -1.99. The molecule has 0 bridgehead atoms. The van der Waals surface area contributed by atoms with Crippen molar-refractivity contribution < 1.29 is 9.53 Å². The first-order valence-electron chi connectivity index (χ1n) is 4.50. The van der Waals surface area contributed by atoms with Gasteiger partial charge in [0.2, 0.25) is 0 Å². The number of ketones is 1. The van der Waals surface area contributed by atoms with Gasteiger partial charge in [-0.1, -0.05) is 6.58 Å². The first kappa shape index (κ1) is 11.9. The average Bonchev–Trinajstić information content (AvgIpc) is 2.14. The van der Waals surface area contributed by atoms with E-state index in [4.69, 9.17) is 4.74 Å².